The van der Waals surface area contributed by atoms with E-state index in [2.05, 4.69) is 29.4 Å². The number of pyridine rings is 1. The molecule has 4 nitrogen and oxygen atoms in total. The standard InChI is InChI=1S/C18H21N3O/c1-12(2)21-11-16-15(18(21)22)9-10-19-17(16)20-13(3)14-7-5-4-6-8-14/h4-10,12-13H,11H2,1-3H3,(H,19,20). The zero-order chi connectivity index (χ0) is 15.7. The minimum Gasteiger partial charge on any atom is -0.363 e. The highest BCUT2D eigenvalue weighted by Gasteiger charge is 2.31. The first kappa shape index (κ1) is 14.6. The van der Waals surface area contributed by atoms with Gasteiger partial charge < -0.3 is 10.2 Å². The van der Waals surface area contributed by atoms with E-state index in [1.807, 2.05) is 43.0 Å². The zero-order valence-corrected chi connectivity index (χ0v) is 13.2. The van der Waals surface area contributed by atoms with Crippen LogP contribution in [0.2, 0.25) is 0 Å². The van der Waals surface area contributed by atoms with Crippen molar-refractivity contribution >= 4 is 11.7 Å². The van der Waals surface area contributed by atoms with Gasteiger partial charge in [-0.05, 0) is 32.4 Å². The molecule has 0 bridgehead atoms. The molecular weight excluding hydrogens is 274 g/mol. The first-order chi connectivity index (χ1) is 10.6. The van der Waals surface area contributed by atoms with Crippen LogP contribution in [0.3, 0.4) is 0 Å². The van der Waals surface area contributed by atoms with Crippen molar-refractivity contribution in [1.82, 2.24) is 9.88 Å². The van der Waals surface area contributed by atoms with E-state index in [9.17, 15) is 4.79 Å². The lowest BCUT2D eigenvalue weighted by Gasteiger charge is -2.20. The summed E-state index contributed by atoms with van der Waals surface area (Å²) in [5, 5.41) is 3.45. The normalized spacial score (nSPS) is 15.1. The van der Waals surface area contributed by atoms with E-state index in [0.29, 0.717) is 6.54 Å². The van der Waals surface area contributed by atoms with Crippen molar-refractivity contribution in [1.29, 1.82) is 0 Å². The average molecular weight is 295 g/mol. The molecule has 114 valence electrons. The average Bonchev–Trinajstić information content (AvgIpc) is 2.87. The lowest BCUT2D eigenvalue weighted by molar-refractivity contribution is 0.0731. The summed E-state index contributed by atoms with van der Waals surface area (Å²) in [6.45, 7) is 6.81. The highest BCUT2D eigenvalue weighted by atomic mass is 16.2. The molecule has 0 saturated heterocycles. The van der Waals surface area contributed by atoms with Crippen molar-refractivity contribution in [2.45, 2.75) is 39.4 Å². The Morgan fingerprint density at radius 2 is 1.86 bits per heavy atom. The third-order valence-electron chi connectivity index (χ3n) is 4.15. The maximum atomic E-state index is 12.4. The van der Waals surface area contributed by atoms with E-state index in [0.717, 1.165) is 16.9 Å². The molecule has 3 rings (SSSR count). The number of nitrogens with zero attached hydrogens (tertiary/aromatic N) is 2. The predicted molar refractivity (Wildman–Crippen MR) is 87.7 cm³/mol. The summed E-state index contributed by atoms with van der Waals surface area (Å²) in [4.78, 5) is 18.8. The second kappa shape index (κ2) is 5.79. The highest BCUT2D eigenvalue weighted by Crippen LogP contribution is 2.30. The van der Waals surface area contributed by atoms with Crippen molar-refractivity contribution < 1.29 is 4.79 Å². The number of fused-ring (bicyclic) bond motifs is 1. The number of rotatable bonds is 4. The van der Waals surface area contributed by atoms with Crippen molar-refractivity contribution in [2.75, 3.05) is 5.32 Å². The van der Waals surface area contributed by atoms with Gasteiger partial charge in [-0.25, -0.2) is 4.98 Å². The van der Waals surface area contributed by atoms with Crippen LogP contribution in [-0.2, 0) is 6.54 Å². The number of aromatic nitrogens is 1. The molecule has 1 N–H and O–H groups in total. The largest absolute Gasteiger partial charge is 0.363 e. The molecule has 2 aromatic rings. The third kappa shape index (κ3) is 2.56. The van der Waals surface area contributed by atoms with Crippen LogP contribution in [0.5, 0.6) is 0 Å². The van der Waals surface area contributed by atoms with Crippen LogP contribution < -0.4 is 5.32 Å². The lowest BCUT2D eigenvalue weighted by Crippen LogP contribution is -2.30. The van der Waals surface area contributed by atoms with Gasteiger partial charge in [0.15, 0.2) is 0 Å². The monoisotopic (exact) mass is 295 g/mol. The maximum Gasteiger partial charge on any atom is 0.254 e. The zero-order valence-electron chi connectivity index (χ0n) is 13.2. The molecule has 1 aromatic carbocycles. The fraction of sp³-hybridized carbons (Fsp3) is 0.333. The molecule has 1 aromatic heterocycles. The molecule has 22 heavy (non-hydrogen) atoms. The first-order valence-corrected chi connectivity index (χ1v) is 7.68. The molecule has 0 radical (unpaired) electrons. The SMILES string of the molecule is CC(Nc1nccc2c1CN(C(C)C)C2=O)c1ccccc1. The Bertz CT molecular complexity index is 682. The third-order valence-corrected chi connectivity index (χ3v) is 4.15. The Morgan fingerprint density at radius 1 is 1.14 bits per heavy atom. The van der Waals surface area contributed by atoms with Gasteiger partial charge >= 0.3 is 0 Å². The summed E-state index contributed by atoms with van der Waals surface area (Å²) in [5.74, 6) is 0.910. The second-order valence-electron chi connectivity index (χ2n) is 5.99. The van der Waals surface area contributed by atoms with Crippen LogP contribution in [0, 0.1) is 0 Å². The number of carbonyl (C=O) groups excluding carboxylic acids is 1. The number of carbonyl (C=O) groups is 1. The summed E-state index contributed by atoms with van der Waals surface area (Å²) < 4.78 is 0. The fourth-order valence-corrected chi connectivity index (χ4v) is 2.82. The van der Waals surface area contributed by atoms with Crippen molar-refractivity contribution in [3.05, 3.63) is 59.3 Å². The smallest absolute Gasteiger partial charge is 0.254 e. The van der Waals surface area contributed by atoms with Gasteiger partial charge in [0.2, 0.25) is 0 Å². The Balaban J connectivity index is 1.87. The first-order valence-electron chi connectivity index (χ1n) is 7.68. The van der Waals surface area contributed by atoms with E-state index >= 15 is 0 Å². The number of anilines is 1. The quantitative estimate of drug-likeness (QED) is 0.937. The van der Waals surface area contributed by atoms with Crippen LogP contribution in [0.4, 0.5) is 5.82 Å². The van der Waals surface area contributed by atoms with Gasteiger partial charge in [-0.1, -0.05) is 30.3 Å². The molecule has 0 aliphatic carbocycles. The summed E-state index contributed by atoms with van der Waals surface area (Å²) in [6, 6.07) is 12.4. The molecule has 1 atom stereocenters. The summed E-state index contributed by atoms with van der Waals surface area (Å²) >= 11 is 0. The molecule has 1 aliphatic rings. The van der Waals surface area contributed by atoms with Gasteiger partial charge in [-0.2, -0.15) is 0 Å². The van der Waals surface area contributed by atoms with Gasteiger partial charge in [-0.3, -0.25) is 4.79 Å². The number of benzene rings is 1. The molecular formula is C18H21N3O. The number of hydrogen-bond donors (Lipinski definition) is 1. The minimum absolute atomic E-state index is 0.0998. The van der Waals surface area contributed by atoms with Crippen LogP contribution in [0.25, 0.3) is 0 Å². The van der Waals surface area contributed by atoms with Crippen molar-refractivity contribution in [3.8, 4) is 0 Å². The van der Waals surface area contributed by atoms with Crippen LogP contribution >= 0.6 is 0 Å². The second-order valence-corrected chi connectivity index (χ2v) is 5.99. The highest BCUT2D eigenvalue weighted by molar-refractivity contribution is 5.99. The molecule has 0 fully saturated rings. The molecule has 1 unspecified atom stereocenters. The number of hydrogen-bond acceptors (Lipinski definition) is 3. The van der Waals surface area contributed by atoms with E-state index in [-0.39, 0.29) is 18.0 Å². The summed E-state index contributed by atoms with van der Waals surface area (Å²) in [7, 11) is 0. The summed E-state index contributed by atoms with van der Waals surface area (Å²) in [6.07, 6.45) is 1.71. The van der Waals surface area contributed by atoms with Gasteiger partial charge in [0.25, 0.3) is 5.91 Å². The fourth-order valence-electron chi connectivity index (χ4n) is 2.82. The van der Waals surface area contributed by atoms with Crippen LogP contribution in [0.15, 0.2) is 42.6 Å². The van der Waals surface area contributed by atoms with Crippen molar-refractivity contribution in [3.63, 3.8) is 0 Å². The van der Waals surface area contributed by atoms with Gasteiger partial charge in [-0.15, -0.1) is 0 Å². The van der Waals surface area contributed by atoms with Crippen LogP contribution in [0.1, 0.15) is 48.3 Å². The van der Waals surface area contributed by atoms with Gasteiger partial charge in [0.05, 0.1) is 6.54 Å². The molecule has 2 heterocycles. The Morgan fingerprint density at radius 3 is 2.55 bits per heavy atom. The molecule has 0 spiro atoms. The van der Waals surface area contributed by atoms with Gasteiger partial charge in [0, 0.05) is 29.4 Å². The Kier molecular flexibility index (Phi) is 3.84. The predicted octanol–water partition coefficient (Wildman–Crippen LogP) is 3.62. The van der Waals surface area contributed by atoms with Crippen molar-refractivity contribution in [2.24, 2.45) is 0 Å². The molecule has 4 heteroatoms. The van der Waals surface area contributed by atoms with E-state index in [1.54, 1.807) is 6.20 Å². The van der Waals surface area contributed by atoms with E-state index in [4.69, 9.17) is 0 Å². The number of amides is 1. The maximum absolute atomic E-state index is 12.4. The van der Waals surface area contributed by atoms with E-state index in [1.165, 1.54) is 5.56 Å². The van der Waals surface area contributed by atoms with Crippen LogP contribution in [-0.4, -0.2) is 21.8 Å². The van der Waals surface area contributed by atoms with Gasteiger partial charge in [0.1, 0.15) is 5.82 Å². The number of nitrogens with one attached hydrogen (secondary N) is 1. The minimum atomic E-state index is 0.0998. The summed E-state index contributed by atoms with van der Waals surface area (Å²) in [5.41, 5.74) is 2.97. The molecule has 1 aliphatic heterocycles. The Hall–Kier alpha value is -2.36. The Labute approximate surface area is 131 Å². The molecule has 1 amide bonds. The lowest BCUT2D eigenvalue weighted by atomic mass is 10.1. The van der Waals surface area contributed by atoms with E-state index < -0.39 is 0 Å². The topological polar surface area (TPSA) is 45.2 Å². The molecule has 0 saturated carbocycles.